The van der Waals surface area contributed by atoms with Gasteiger partial charge in [0, 0.05) is 0 Å². The minimum Gasteiger partial charge on any atom is -0.496 e. The van der Waals surface area contributed by atoms with E-state index in [-0.39, 0.29) is 0 Å². The summed E-state index contributed by atoms with van der Waals surface area (Å²) in [5, 5.41) is 2.45. The Labute approximate surface area is 190 Å². The maximum atomic E-state index is 5.49. The van der Waals surface area contributed by atoms with E-state index in [1.54, 1.807) is 14.2 Å². The number of ether oxygens (including phenoxy) is 2. The molecule has 4 aromatic rings. The van der Waals surface area contributed by atoms with Crippen molar-refractivity contribution in [2.45, 2.75) is 13.8 Å². The average molecular weight is 421 g/mol. The average Bonchev–Trinajstić information content (AvgIpc) is 2.83. The third kappa shape index (κ3) is 4.60. The van der Waals surface area contributed by atoms with Gasteiger partial charge >= 0.3 is 0 Å². The highest BCUT2D eigenvalue weighted by Gasteiger charge is 2.05. The van der Waals surface area contributed by atoms with Crippen LogP contribution in [0.5, 0.6) is 11.5 Å². The molecule has 0 N–H and O–H groups in total. The monoisotopic (exact) mass is 420 g/mol. The SMILES string of the molecule is COc1cc(/C=C/c2ccc3ccccc3c2/C=C/c2ccc(C)c(OC)c2)ccc1C. The van der Waals surface area contributed by atoms with Crippen molar-refractivity contribution in [1.29, 1.82) is 0 Å². The maximum absolute atomic E-state index is 5.49. The van der Waals surface area contributed by atoms with E-state index >= 15 is 0 Å². The fourth-order valence-electron chi connectivity index (χ4n) is 3.89. The van der Waals surface area contributed by atoms with Crippen molar-refractivity contribution in [1.82, 2.24) is 0 Å². The molecule has 32 heavy (non-hydrogen) atoms. The van der Waals surface area contributed by atoms with Gasteiger partial charge in [0.2, 0.25) is 0 Å². The molecular weight excluding hydrogens is 392 g/mol. The molecule has 0 aliphatic rings. The number of aryl methyl sites for hydroxylation is 2. The molecule has 0 bridgehead atoms. The molecule has 2 heteroatoms. The van der Waals surface area contributed by atoms with Crippen LogP contribution in [0.15, 0.2) is 72.8 Å². The predicted octanol–water partition coefficient (Wildman–Crippen LogP) is 7.81. The lowest BCUT2D eigenvalue weighted by atomic mass is 9.97. The summed E-state index contributed by atoms with van der Waals surface area (Å²) in [7, 11) is 3.42. The van der Waals surface area contributed by atoms with Gasteiger partial charge in [-0.05, 0) is 70.1 Å². The summed E-state index contributed by atoms with van der Waals surface area (Å²) < 4.78 is 11.0. The van der Waals surface area contributed by atoms with Crippen LogP contribution in [-0.2, 0) is 0 Å². The van der Waals surface area contributed by atoms with Crippen LogP contribution in [0.3, 0.4) is 0 Å². The first kappa shape index (κ1) is 21.5. The largest absolute Gasteiger partial charge is 0.496 e. The minimum absolute atomic E-state index is 0.901. The van der Waals surface area contributed by atoms with Crippen LogP contribution in [-0.4, -0.2) is 14.2 Å². The highest BCUT2D eigenvalue weighted by atomic mass is 16.5. The van der Waals surface area contributed by atoms with Crippen molar-refractivity contribution >= 4 is 35.1 Å². The van der Waals surface area contributed by atoms with Crippen molar-refractivity contribution in [3.8, 4) is 11.5 Å². The van der Waals surface area contributed by atoms with E-state index in [9.17, 15) is 0 Å². The Morgan fingerprint density at radius 1 is 0.594 bits per heavy atom. The number of rotatable bonds is 6. The molecule has 0 spiro atoms. The highest BCUT2D eigenvalue weighted by molar-refractivity contribution is 5.97. The molecule has 0 saturated heterocycles. The van der Waals surface area contributed by atoms with Gasteiger partial charge in [-0.1, -0.05) is 85.0 Å². The van der Waals surface area contributed by atoms with Crippen LogP contribution in [0.25, 0.3) is 35.1 Å². The van der Waals surface area contributed by atoms with Crippen LogP contribution in [0, 0.1) is 13.8 Å². The Hall–Kier alpha value is -3.78. The number of hydrogen-bond donors (Lipinski definition) is 0. The Balaban J connectivity index is 1.76. The molecule has 0 aliphatic heterocycles. The number of hydrogen-bond acceptors (Lipinski definition) is 2. The quantitative estimate of drug-likeness (QED) is 0.296. The fourth-order valence-corrected chi connectivity index (χ4v) is 3.89. The van der Waals surface area contributed by atoms with Crippen molar-refractivity contribution in [2.24, 2.45) is 0 Å². The van der Waals surface area contributed by atoms with Gasteiger partial charge in [0.05, 0.1) is 14.2 Å². The molecule has 160 valence electrons. The molecule has 2 nitrogen and oxygen atoms in total. The van der Waals surface area contributed by atoms with Crippen molar-refractivity contribution in [2.75, 3.05) is 14.2 Å². The first-order valence-electron chi connectivity index (χ1n) is 10.8. The van der Waals surface area contributed by atoms with Gasteiger partial charge in [-0.3, -0.25) is 0 Å². The third-order valence-corrected chi connectivity index (χ3v) is 5.77. The standard InChI is InChI=1S/C30H28O2/c1-21-9-11-23(19-29(21)31-3)13-15-26-17-16-25-7-5-6-8-27(25)28(26)18-14-24-12-10-22(2)30(20-24)32-4/h5-20H,1-4H3/b15-13+,18-14+. The van der Waals surface area contributed by atoms with Gasteiger partial charge in [-0.2, -0.15) is 0 Å². The summed E-state index contributed by atoms with van der Waals surface area (Å²) in [4.78, 5) is 0. The zero-order chi connectivity index (χ0) is 22.5. The van der Waals surface area contributed by atoms with Gasteiger partial charge in [0.25, 0.3) is 0 Å². The molecule has 0 heterocycles. The molecule has 0 amide bonds. The second kappa shape index (κ2) is 9.57. The molecule has 0 saturated carbocycles. The Bertz CT molecular complexity index is 1310. The predicted molar refractivity (Wildman–Crippen MR) is 137 cm³/mol. The van der Waals surface area contributed by atoms with Gasteiger partial charge in [-0.25, -0.2) is 0 Å². The van der Waals surface area contributed by atoms with E-state index < -0.39 is 0 Å². The molecule has 4 rings (SSSR count). The molecule has 4 aromatic carbocycles. The molecule has 0 fully saturated rings. The first-order valence-corrected chi connectivity index (χ1v) is 10.8. The Morgan fingerprint density at radius 3 is 1.81 bits per heavy atom. The lowest BCUT2D eigenvalue weighted by Gasteiger charge is -2.09. The summed E-state index contributed by atoms with van der Waals surface area (Å²) in [6, 6.07) is 25.4. The summed E-state index contributed by atoms with van der Waals surface area (Å²) in [6.07, 6.45) is 8.65. The Morgan fingerprint density at radius 2 is 1.19 bits per heavy atom. The maximum Gasteiger partial charge on any atom is 0.122 e. The number of methoxy groups -OCH3 is 2. The summed E-state index contributed by atoms with van der Waals surface area (Å²) >= 11 is 0. The third-order valence-electron chi connectivity index (χ3n) is 5.77. The van der Waals surface area contributed by atoms with Gasteiger partial charge in [0.1, 0.15) is 11.5 Å². The normalized spacial score (nSPS) is 11.5. The van der Waals surface area contributed by atoms with E-state index in [1.807, 2.05) is 0 Å². The van der Waals surface area contributed by atoms with E-state index in [2.05, 4.69) is 111 Å². The highest BCUT2D eigenvalue weighted by Crippen LogP contribution is 2.28. The summed E-state index contributed by atoms with van der Waals surface area (Å²) in [5.41, 5.74) is 6.84. The van der Waals surface area contributed by atoms with Gasteiger partial charge in [-0.15, -0.1) is 0 Å². The molecular formula is C30H28O2. The van der Waals surface area contributed by atoms with Crippen LogP contribution in [0.2, 0.25) is 0 Å². The van der Waals surface area contributed by atoms with Crippen LogP contribution in [0.4, 0.5) is 0 Å². The molecule has 0 unspecified atom stereocenters. The van der Waals surface area contributed by atoms with Crippen LogP contribution in [0.1, 0.15) is 33.4 Å². The van der Waals surface area contributed by atoms with Gasteiger partial charge in [0.15, 0.2) is 0 Å². The van der Waals surface area contributed by atoms with Crippen LogP contribution >= 0.6 is 0 Å². The first-order chi connectivity index (χ1) is 15.6. The lowest BCUT2D eigenvalue weighted by Crippen LogP contribution is -1.88. The van der Waals surface area contributed by atoms with Gasteiger partial charge < -0.3 is 9.47 Å². The smallest absolute Gasteiger partial charge is 0.122 e. The fraction of sp³-hybridized carbons (Fsp3) is 0.133. The second-order valence-corrected chi connectivity index (χ2v) is 7.91. The summed E-state index contributed by atoms with van der Waals surface area (Å²) in [6.45, 7) is 4.11. The van der Waals surface area contributed by atoms with E-state index in [4.69, 9.17) is 9.47 Å². The zero-order valence-corrected chi connectivity index (χ0v) is 19.1. The topological polar surface area (TPSA) is 18.5 Å². The van der Waals surface area contributed by atoms with E-state index in [1.165, 1.54) is 21.9 Å². The van der Waals surface area contributed by atoms with Crippen molar-refractivity contribution in [3.05, 3.63) is 106 Å². The zero-order valence-electron chi connectivity index (χ0n) is 19.1. The second-order valence-electron chi connectivity index (χ2n) is 7.91. The van der Waals surface area contributed by atoms with Crippen LogP contribution < -0.4 is 9.47 Å². The molecule has 0 aromatic heterocycles. The molecule has 0 radical (unpaired) electrons. The molecule has 0 aliphatic carbocycles. The molecule has 0 atom stereocenters. The number of fused-ring (bicyclic) bond motifs is 1. The lowest BCUT2D eigenvalue weighted by molar-refractivity contribution is 0.411. The van der Waals surface area contributed by atoms with E-state index in [0.717, 1.165) is 33.8 Å². The van der Waals surface area contributed by atoms with Crippen molar-refractivity contribution < 1.29 is 9.47 Å². The Kier molecular flexibility index (Phi) is 6.42. The summed E-state index contributed by atoms with van der Waals surface area (Å²) in [5.74, 6) is 1.80. The minimum atomic E-state index is 0.901. The van der Waals surface area contributed by atoms with Crippen molar-refractivity contribution in [3.63, 3.8) is 0 Å². The number of benzene rings is 4. The van der Waals surface area contributed by atoms with E-state index in [0.29, 0.717) is 0 Å².